The van der Waals surface area contributed by atoms with Gasteiger partial charge in [-0.15, -0.1) is 0 Å². The smallest absolute Gasteiger partial charge is 0.000965 e. The molecule has 1 nitrogen and oxygen atoms in total. The number of hydrogen-bond donors (Lipinski definition) is 0. The van der Waals surface area contributed by atoms with Crippen LogP contribution in [0.1, 0.15) is 79.6 Å². The fraction of sp³-hybridized carbons (Fsp3) is 1.00. The Morgan fingerprint density at radius 2 is 1.39 bits per heavy atom. The number of hydrogen-bond acceptors (Lipinski definition) is 1. The first-order valence-electron chi connectivity index (χ1n) is 8.40. The van der Waals surface area contributed by atoms with Gasteiger partial charge in [0.05, 0.1) is 0 Å². The molecule has 0 saturated carbocycles. The van der Waals surface area contributed by atoms with Crippen LogP contribution in [-0.4, -0.2) is 24.5 Å². The van der Waals surface area contributed by atoms with Gasteiger partial charge in [0.2, 0.25) is 0 Å². The van der Waals surface area contributed by atoms with E-state index in [1.54, 1.807) is 0 Å². The maximum atomic E-state index is 2.72. The summed E-state index contributed by atoms with van der Waals surface area (Å²) in [6, 6.07) is 0. The molecule has 110 valence electrons. The summed E-state index contributed by atoms with van der Waals surface area (Å²) < 4.78 is 0. The van der Waals surface area contributed by atoms with Crippen LogP contribution in [0.15, 0.2) is 0 Å². The van der Waals surface area contributed by atoms with Crippen molar-refractivity contribution in [1.29, 1.82) is 0 Å². The summed E-state index contributed by atoms with van der Waals surface area (Å²) in [6.07, 6.45) is 9.51. The van der Waals surface area contributed by atoms with Crippen LogP contribution in [0.3, 0.4) is 0 Å². The third-order valence-electron chi connectivity index (χ3n) is 4.09. The number of nitrogens with zero attached hydrogens (tertiary/aromatic N) is 1. The van der Waals surface area contributed by atoms with Crippen LogP contribution in [-0.2, 0) is 0 Å². The quantitative estimate of drug-likeness (QED) is 0.454. The standard InChI is InChI=1S/C17H37N/c1-6-10-17(11-7-2)15-18(13-8-3)14-12-16(5)9-4/h16-17H,6-15H2,1-5H3. The number of rotatable bonds is 12. The average Bonchev–Trinajstić information content (AvgIpc) is 2.36. The molecule has 18 heavy (non-hydrogen) atoms. The van der Waals surface area contributed by atoms with Gasteiger partial charge in [0.25, 0.3) is 0 Å². The first-order chi connectivity index (χ1) is 8.67. The average molecular weight is 255 g/mol. The summed E-state index contributed by atoms with van der Waals surface area (Å²) in [4.78, 5) is 2.72. The van der Waals surface area contributed by atoms with E-state index in [0.717, 1.165) is 11.8 Å². The molecule has 0 aliphatic heterocycles. The molecule has 0 saturated heterocycles. The Kier molecular flexibility index (Phi) is 12.0. The Balaban J connectivity index is 4.11. The highest BCUT2D eigenvalue weighted by atomic mass is 15.1. The summed E-state index contributed by atoms with van der Waals surface area (Å²) in [6.45, 7) is 15.6. The second-order valence-corrected chi connectivity index (χ2v) is 6.05. The van der Waals surface area contributed by atoms with Gasteiger partial charge in [0.15, 0.2) is 0 Å². The molecule has 0 heterocycles. The molecule has 1 unspecified atom stereocenters. The fourth-order valence-corrected chi connectivity index (χ4v) is 2.73. The molecule has 0 aromatic rings. The Hall–Kier alpha value is -0.0400. The third kappa shape index (κ3) is 8.97. The lowest BCUT2D eigenvalue weighted by atomic mass is 9.97. The van der Waals surface area contributed by atoms with Crippen LogP contribution in [0.4, 0.5) is 0 Å². The summed E-state index contributed by atoms with van der Waals surface area (Å²) in [5.41, 5.74) is 0. The highest BCUT2D eigenvalue weighted by Crippen LogP contribution is 2.17. The molecule has 0 aromatic carbocycles. The van der Waals surface area contributed by atoms with Crippen molar-refractivity contribution < 1.29 is 0 Å². The summed E-state index contributed by atoms with van der Waals surface area (Å²) in [7, 11) is 0. The third-order valence-corrected chi connectivity index (χ3v) is 4.09. The van der Waals surface area contributed by atoms with Crippen molar-refractivity contribution >= 4 is 0 Å². The van der Waals surface area contributed by atoms with Crippen LogP contribution in [0.5, 0.6) is 0 Å². The molecule has 0 fully saturated rings. The van der Waals surface area contributed by atoms with E-state index in [-0.39, 0.29) is 0 Å². The minimum absolute atomic E-state index is 0.889. The lowest BCUT2D eigenvalue weighted by Crippen LogP contribution is -2.32. The highest BCUT2D eigenvalue weighted by Gasteiger charge is 2.13. The molecular formula is C17H37N. The van der Waals surface area contributed by atoms with Gasteiger partial charge >= 0.3 is 0 Å². The zero-order chi connectivity index (χ0) is 13.8. The van der Waals surface area contributed by atoms with E-state index < -0.39 is 0 Å². The Morgan fingerprint density at radius 3 is 1.83 bits per heavy atom. The van der Waals surface area contributed by atoms with E-state index in [1.807, 2.05) is 0 Å². The van der Waals surface area contributed by atoms with Gasteiger partial charge in [0, 0.05) is 6.54 Å². The van der Waals surface area contributed by atoms with Crippen molar-refractivity contribution in [2.75, 3.05) is 19.6 Å². The van der Waals surface area contributed by atoms with Crippen molar-refractivity contribution in [3.05, 3.63) is 0 Å². The van der Waals surface area contributed by atoms with Crippen LogP contribution < -0.4 is 0 Å². The first-order valence-corrected chi connectivity index (χ1v) is 8.40. The lowest BCUT2D eigenvalue weighted by Gasteiger charge is -2.28. The first kappa shape index (κ1) is 18.0. The highest BCUT2D eigenvalue weighted by molar-refractivity contribution is 4.67. The predicted molar refractivity (Wildman–Crippen MR) is 84.1 cm³/mol. The van der Waals surface area contributed by atoms with Crippen molar-refractivity contribution in [3.8, 4) is 0 Å². The van der Waals surface area contributed by atoms with E-state index >= 15 is 0 Å². The van der Waals surface area contributed by atoms with Gasteiger partial charge in [0.1, 0.15) is 0 Å². The topological polar surface area (TPSA) is 3.24 Å². The van der Waals surface area contributed by atoms with Gasteiger partial charge < -0.3 is 4.90 Å². The zero-order valence-corrected chi connectivity index (χ0v) is 13.7. The molecule has 1 atom stereocenters. The molecule has 0 rings (SSSR count). The molecule has 1 heteroatoms. The van der Waals surface area contributed by atoms with Gasteiger partial charge in [-0.3, -0.25) is 0 Å². The molecule has 0 aliphatic rings. The van der Waals surface area contributed by atoms with Crippen molar-refractivity contribution in [2.24, 2.45) is 11.8 Å². The van der Waals surface area contributed by atoms with E-state index in [9.17, 15) is 0 Å². The minimum atomic E-state index is 0.889. The van der Waals surface area contributed by atoms with Gasteiger partial charge in [-0.25, -0.2) is 0 Å². The fourth-order valence-electron chi connectivity index (χ4n) is 2.73. The molecule has 0 aromatic heterocycles. The van der Waals surface area contributed by atoms with E-state index in [0.29, 0.717) is 0 Å². The predicted octanol–water partition coefficient (Wildman–Crippen LogP) is 5.35. The Labute approximate surface area is 116 Å². The summed E-state index contributed by atoms with van der Waals surface area (Å²) in [5, 5.41) is 0. The van der Waals surface area contributed by atoms with Crippen molar-refractivity contribution in [2.45, 2.75) is 79.6 Å². The van der Waals surface area contributed by atoms with Crippen molar-refractivity contribution in [1.82, 2.24) is 4.90 Å². The van der Waals surface area contributed by atoms with E-state index in [4.69, 9.17) is 0 Å². The minimum Gasteiger partial charge on any atom is -0.303 e. The molecule has 0 amide bonds. The Morgan fingerprint density at radius 1 is 0.778 bits per heavy atom. The van der Waals surface area contributed by atoms with E-state index in [1.165, 1.54) is 64.6 Å². The second kappa shape index (κ2) is 12.0. The van der Waals surface area contributed by atoms with Crippen LogP contribution in [0.25, 0.3) is 0 Å². The zero-order valence-electron chi connectivity index (χ0n) is 13.7. The lowest BCUT2D eigenvalue weighted by molar-refractivity contribution is 0.204. The molecule has 0 aliphatic carbocycles. The van der Waals surface area contributed by atoms with E-state index in [2.05, 4.69) is 39.5 Å². The summed E-state index contributed by atoms with van der Waals surface area (Å²) >= 11 is 0. The van der Waals surface area contributed by atoms with Gasteiger partial charge in [-0.1, -0.05) is 53.9 Å². The van der Waals surface area contributed by atoms with Crippen LogP contribution in [0.2, 0.25) is 0 Å². The van der Waals surface area contributed by atoms with Gasteiger partial charge in [-0.2, -0.15) is 0 Å². The van der Waals surface area contributed by atoms with Gasteiger partial charge in [-0.05, 0) is 50.6 Å². The monoisotopic (exact) mass is 255 g/mol. The largest absolute Gasteiger partial charge is 0.303 e. The normalized spacial score (nSPS) is 13.5. The summed E-state index contributed by atoms with van der Waals surface area (Å²) in [5.74, 6) is 1.82. The Bertz CT molecular complexity index is 161. The van der Waals surface area contributed by atoms with Crippen LogP contribution >= 0.6 is 0 Å². The van der Waals surface area contributed by atoms with Crippen LogP contribution in [0, 0.1) is 11.8 Å². The molecule has 0 spiro atoms. The second-order valence-electron chi connectivity index (χ2n) is 6.05. The molecule has 0 N–H and O–H groups in total. The SMILES string of the molecule is CCCC(CCC)CN(CCC)CCC(C)CC. The molecular weight excluding hydrogens is 218 g/mol. The molecule has 0 radical (unpaired) electrons. The maximum Gasteiger partial charge on any atom is 0.000965 e. The maximum absolute atomic E-state index is 2.72. The molecule has 0 bridgehead atoms. The van der Waals surface area contributed by atoms with Crippen molar-refractivity contribution in [3.63, 3.8) is 0 Å².